The van der Waals surface area contributed by atoms with Crippen LogP contribution in [-0.2, 0) is 0 Å². The Balaban J connectivity index is 1.90. The number of carbonyl (C=O) groups excluding carboxylic acids is 1. The van der Waals surface area contributed by atoms with Gasteiger partial charge >= 0.3 is 0 Å². The van der Waals surface area contributed by atoms with Crippen LogP contribution in [0.4, 0.5) is 10.1 Å². The quantitative estimate of drug-likeness (QED) is 0.913. The number of amides is 1. The third-order valence-electron chi connectivity index (χ3n) is 2.91. The number of benzene rings is 1. The Bertz CT molecular complexity index is 634. The molecule has 0 bridgehead atoms. The van der Waals surface area contributed by atoms with Crippen LogP contribution in [0.1, 0.15) is 10.5 Å². The van der Waals surface area contributed by atoms with Gasteiger partial charge in [-0.3, -0.25) is 4.79 Å². The van der Waals surface area contributed by atoms with Gasteiger partial charge in [-0.25, -0.2) is 9.37 Å². The van der Waals surface area contributed by atoms with Crippen molar-refractivity contribution in [2.75, 3.05) is 25.9 Å². The van der Waals surface area contributed by atoms with E-state index in [1.807, 2.05) is 0 Å². The standard InChI is InChI=1S/C15H16FN3O2/c1-19(15(20)14-12(17)6-4-8-18-14)9-10-21-13-7-3-2-5-11(13)16/h2-8H,9-10,17H2,1H3. The highest BCUT2D eigenvalue weighted by atomic mass is 19.1. The fourth-order valence-corrected chi connectivity index (χ4v) is 1.73. The lowest BCUT2D eigenvalue weighted by molar-refractivity contribution is 0.0768. The van der Waals surface area contributed by atoms with Crippen LogP contribution < -0.4 is 10.5 Å². The second kappa shape index (κ2) is 6.69. The molecule has 2 rings (SSSR count). The summed E-state index contributed by atoms with van der Waals surface area (Å²) in [5.41, 5.74) is 6.23. The van der Waals surface area contributed by atoms with Gasteiger partial charge in [0.05, 0.1) is 12.2 Å². The number of carbonyl (C=O) groups is 1. The number of rotatable bonds is 5. The molecule has 2 aromatic rings. The summed E-state index contributed by atoms with van der Waals surface area (Å²) in [6.45, 7) is 0.471. The summed E-state index contributed by atoms with van der Waals surface area (Å²) >= 11 is 0. The lowest BCUT2D eigenvalue weighted by Gasteiger charge is -2.17. The molecule has 6 heteroatoms. The Labute approximate surface area is 122 Å². The number of pyridine rings is 1. The first-order valence-corrected chi connectivity index (χ1v) is 6.43. The molecule has 0 spiro atoms. The Morgan fingerprint density at radius 1 is 1.33 bits per heavy atom. The summed E-state index contributed by atoms with van der Waals surface area (Å²) < 4.78 is 18.7. The first-order chi connectivity index (χ1) is 10.1. The molecular formula is C15H16FN3O2. The van der Waals surface area contributed by atoms with Crippen molar-refractivity contribution in [3.63, 3.8) is 0 Å². The number of para-hydroxylation sites is 1. The molecule has 0 atom stereocenters. The first-order valence-electron chi connectivity index (χ1n) is 6.43. The molecule has 1 amide bonds. The van der Waals surface area contributed by atoms with E-state index in [0.29, 0.717) is 12.2 Å². The van der Waals surface area contributed by atoms with Gasteiger partial charge in [-0.1, -0.05) is 12.1 Å². The smallest absolute Gasteiger partial charge is 0.274 e. The van der Waals surface area contributed by atoms with Crippen molar-refractivity contribution in [1.29, 1.82) is 0 Å². The van der Waals surface area contributed by atoms with Gasteiger partial charge in [0.25, 0.3) is 5.91 Å². The predicted octanol–water partition coefficient (Wildman–Crippen LogP) is 1.95. The summed E-state index contributed by atoms with van der Waals surface area (Å²) in [5.74, 6) is -0.568. The van der Waals surface area contributed by atoms with Crippen LogP contribution in [0.15, 0.2) is 42.6 Å². The largest absolute Gasteiger partial charge is 0.489 e. The van der Waals surface area contributed by atoms with Gasteiger partial charge in [-0.2, -0.15) is 0 Å². The second-order valence-electron chi connectivity index (χ2n) is 4.45. The highest BCUT2D eigenvalue weighted by Crippen LogP contribution is 2.15. The zero-order valence-corrected chi connectivity index (χ0v) is 11.6. The molecule has 1 aromatic carbocycles. The molecule has 0 saturated heterocycles. The summed E-state index contributed by atoms with van der Waals surface area (Å²) in [7, 11) is 1.61. The fourth-order valence-electron chi connectivity index (χ4n) is 1.73. The van der Waals surface area contributed by atoms with Crippen LogP contribution in [0, 0.1) is 5.82 Å². The minimum absolute atomic E-state index is 0.163. The van der Waals surface area contributed by atoms with Crippen LogP contribution >= 0.6 is 0 Å². The van der Waals surface area contributed by atoms with E-state index in [4.69, 9.17) is 10.5 Å². The second-order valence-corrected chi connectivity index (χ2v) is 4.45. The minimum atomic E-state index is -0.430. The van der Waals surface area contributed by atoms with Gasteiger partial charge < -0.3 is 15.4 Å². The maximum atomic E-state index is 13.4. The average Bonchev–Trinajstić information content (AvgIpc) is 2.49. The van der Waals surface area contributed by atoms with Crippen molar-refractivity contribution in [2.24, 2.45) is 0 Å². The van der Waals surface area contributed by atoms with E-state index in [2.05, 4.69) is 4.98 Å². The highest BCUT2D eigenvalue weighted by Gasteiger charge is 2.15. The van der Waals surface area contributed by atoms with E-state index in [0.717, 1.165) is 0 Å². The number of nitrogen functional groups attached to an aromatic ring is 1. The molecule has 21 heavy (non-hydrogen) atoms. The number of halogens is 1. The van der Waals surface area contributed by atoms with Gasteiger partial charge in [0.2, 0.25) is 0 Å². The topological polar surface area (TPSA) is 68.5 Å². The van der Waals surface area contributed by atoms with Crippen LogP contribution in [-0.4, -0.2) is 36.0 Å². The van der Waals surface area contributed by atoms with Crippen molar-refractivity contribution in [2.45, 2.75) is 0 Å². The summed E-state index contributed by atoms with van der Waals surface area (Å²) in [6.07, 6.45) is 1.51. The Hall–Kier alpha value is -2.63. The zero-order valence-electron chi connectivity index (χ0n) is 11.6. The molecule has 0 aliphatic carbocycles. The maximum Gasteiger partial charge on any atom is 0.274 e. The number of nitrogens with two attached hydrogens (primary N) is 1. The predicted molar refractivity (Wildman–Crippen MR) is 77.5 cm³/mol. The molecule has 0 fully saturated rings. The number of aromatic nitrogens is 1. The molecule has 0 unspecified atom stereocenters. The summed E-state index contributed by atoms with van der Waals surface area (Å²) in [4.78, 5) is 17.5. The van der Waals surface area contributed by atoms with Crippen molar-refractivity contribution < 1.29 is 13.9 Å². The molecule has 2 N–H and O–H groups in total. The molecule has 110 valence electrons. The molecular weight excluding hydrogens is 273 g/mol. The van der Waals surface area contributed by atoms with E-state index in [1.54, 1.807) is 31.3 Å². The molecule has 0 radical (unpaired) electrons. The number of hydrogen-bond donors (Lipinski definition) is 1. The summed E-state index contributed by atoms with van der Waals surface area (Å²) in [6, 6.07) is 9.40. The summed E-state index contributed by atoms with van der Waals surface area (Å²) in [5, 5.41) is 0. The zero-order chi connectivity index (χ0) is 15.2. The van der Waals surface area contributed by atoms with Gasteiger partial charge in [-0.15, -0.1) is 0 Å². The molecule has 1 heterocycles. The van der Waals surface area contributed by atoms with Crippen molar-refractivity contribution >= 4 is 11.6 Å². The number of hydrogen-bond acceptors (Lipinski definition) is 4. The molecule has 0 saturated carbocycles. The lowest BCUT2D eigenvalue weighted by Crippen LogP contribution is -2.32. The van der Waals surface area contributed by atoms with E-state index in [-0.39, 0.29) is 24.0 Å². The Morgan fingerprint density at radius 2 is 2.10 bits per heavy atom. The van der Waals surface area contributed by atoms with Crippen molar-refractivity contribution in [1.82, 2.24) is 9.88 Å². The van der Waals surface area contributed by atoms with Gasteiger partial charge in [0.15, 0.2) is 17.3 Å². The average molecular weight is 289 g/mol. The number of anilines is 1. The number of ether oxygens (including phenoxy) is 1. The van der Waals surface area contributed by atoms with E-state index >= 15 is 0 Å². The Kier molecular flexibility index (Phi) is 4.71. The van der Waals surface area contributed by atoms with Crippen molar-refractivity contribution in [3.8, 4) is 5.75 Å². The molecule has 5 nitrogen and oxygen atoms in total. The highest BCUT2D eigenvalue weighted by molar-refractivity contribution is 5.96. The van der Waals surface area contributed by atoms with Crippen LogP contribution in [0.2, 0.25) is 0 Å². The fraction of sp³-hybridized carbons (Fsp3) is 0.200. The van der Waals surface area contributed by atoms with E-state index in [9.17, 15) is 9.18 Å². The van der Waals surface area contributed by atoms with Crippen LogP contribution in [0.3, 0.4) is 0 Å². The SMILES string of the molecule is CN(CCOc1ccccc1F)C(=O)c1ncccc1N. The molecule has 1 aromatic heterocycles. The normalized spacial score (nSPS) is 10.2. The number of likely N-dealkylation sites (N-methyl/N-ethyl adjacent to an activating group) is 1. The van der Waals surface area contributed by atoms with Gasteiger partial charge in [0.1, 0.15) is 6.61 Å². The lowest BCUT2D eigenvalue weighted by atomic mass is 10.2. The van der Waals surface area contributed by atoms with E-state index < -0.39 is 5.82 Å². The monoisotopic (exact) mass is 289 g/mol. The first kappa shape index (κ1) is 14.8. The minimum Gasteiger partial charge on any atom is -0.489 e. The third kappa shape index (κ3) is 3.68. The van der Waals surface area contributed by atoms with Crippen molar-refractivity contribution in [3.05, 3.63) is 54.1 Å². The van der Waals surface area contributed by atoms with Crippen LogP contribution in [0.5, 0.6) is 5.75 Å². The van der Waals surface area contributed by atoms with E-state index in [1.165, 1.54) is 23.2 Å². The Morgan fingerprint density at radius 3 is 2.81 bits per heavy atom. The molecule has 0 aliphatic heterocycles. The van der Waals surface area contributed by atoms with Gasteiger partial charge in [-0.05, 0) is 24.3 Å². The number of nitrogens with zero attached hydrogens (tertiary/aromatic N) is 2. The molecule has 0 aliphatic rings. The van der Waals surface area contributed by atoms with Crippen LogP contribution in [0.25, 0.3) is 0 Å². The third-order valence-corrected chi connectivity index (χ3v) is 2.91. The maximum absolute atomic E-state index is 13.4. The van der Waals surface area contributed by atoms with Gasteiger partial charge in [0, 0.05) is 13.2 Å².